The SMILES string of the molecule is CCCCc1ccc([Si](c2ccccc2)(c2ccc(CCCC)cc2)[C]2([Ti+3])C(C)=C(C)C(C)=C2C)cc1.[Cl-].[Cl-].[Cl-]. The number of benzene rings is 3. The quantitative estimate of drug-likeness (QED) is 0.192. The molecule has 0 spiro atoms. The number of unbranched alkanes of at least 4 members (excludes halogenated alkanes) is 2. The van der Waals surface area contributed by atoms with Crippen LogP contribution in [0.4, 0.5) is 0 Å². The minimum absolute atomic E-state index is 0. The third-order valence-corrected chi connectivity index (χ3v) is 17.4. The van der Waals surface area contributed by atoms with Crippen LogP contribution in [0.1, 0.15) is 78.4 Å². The third kappa shape index (κ3) is 6.46. The van der Waals surface area contributed by atoms with E-state index in [1.54, 1.807) is 11.1 Å². The summed E-state index contributed by atoms with van der Waals surface area (Å²) >= 11 is 2.56. The van der Waals surface area contributed by atoms with Gasteiger partial charge in [0, 0.05) is 0 Å². The largest absolute Gasteiger partial charge is 1.00 e. The van der Waals surface area contributed by atoms with E-state index < -0.39 is 8.07 Å². The maximum Gasteiger partial charge on any atom is -1.00 e. The molecule has 0 amide bonds. The summed E-state index contributed by atoms with van der Waals surface area (Å²) in [5, 5.41) is 4.54. The fourth-order valence-corrected chi connectivity index (χ4v) is 14.8. The average Bonchev–Trinajstić information content (AvgIpc) is 3.09. The van der Waals surface area contributed by atoms with Crippen LogP contribution in [0, 0.1) is 0 Å². The van der Waals surface area contributed by atoms with Gasteiger partial charge in [-0.15, -0.1) is 0 Å². The van der Waals surface area contributed by atoms with Crippen molar-refractivity contribution in [2.24, 2.45) is 0 Å². The second-order valence-corrected chi connectivity index (χ2v) is 16.9. The summed E-state index contributed by atoms with van der Waals surface area (Å²) in [4.78, 5) is 0. The van der Waals surface area contributed by atoms with E-state index in [-0.39, 0.29) is 40.6 Å². The molecule has 0 heterocycles. The Morgan fingerprint density at radius 2 is 0.900 bits per heavy atom. The van der Waals surface area contributed by atoms with E-state index in [0.29, 0.717) is 0 Å². The molecule has 0 fully saturated rings. The molecule has 0 saturated heterocycles. The number of aryl methyl sites for hydroxylation is 2. The van der Waals surface area contributed by atoms with Crippen LogP contribution in [-0.4, -0.2) is 8.07 Å². The van der Waals surface area contributed by atoms with Crippen molar-refractivity contribution in [3.63, 3.8) is 0 Å². The van der Waals surface area contributed by atoms with E-state index in [1.807, 2.05) is 0 Å². The smallest absolute Gasteiger partial charge is 1.00 e. The van der Waals surface area contributed by atoms with Crippen LogP contribution in [0.3, 0.4) is 0 Å². The summed E-state index contributed by atoms with van der Waals surface area (Å²) in [7, 11) is -2.55. The first-order valence-electron chi connectivity index (χ1n) is 14.2. The van der Waals surface area contributed by atoms with Crippen molar-refractivity contribution < 1.29 is 57.7 Å². The molecule has 0 nitrogen and oxygen atoms in total. The van der Waals surface area contributed by atoms with Gasteiger partial charge in [0.1, 0.15) is 0 Å². The summed E-state index contributed by atoms with van der Waals surface area (Å²) in [6.07, 6.45) is 7.30. The Labute approximate surface area is 275 Å². The zero-order valence-corrected chi connectivity index (χ0v) is 29.7. The first kappa shape index (κ1) is 37.0. The second kappa shape index (κ2) is 16.0. The zero-order chi connectivity index (χ0) is 26.6. The molecule has 0 N–H and O–H groups in total. The Hall–Kier alpha value is -1.06. The van der Waals surface area contributed by atoms with E-state index in [2.05, 4.69) is 141 Å². The molecular formula is C35H43Cl3SiTi. The van der Waals surface area contributed by atoms with Gasteiger partial charge in [-0.1, -0.05) is 0 Å². The van der Waals surface area contributed by atoms with E-state index in [0.717, 1.165) is 12.8 Å². The molecule has 0 bridgehead atoms. The van der Waals surface area contributed by atoms with Crippen LogP contribution in [0.25, 0.3) is 0 Å². The summed E-state index contributed by atoms with van der Waals surface area (Å²) in [5.74, 6) is 0. The number of hydrogen-bond acceptors (Lipinski definition) is 0. The van der Waals surface area contributed by atoms with Gasteiger partial charge in [0.15, 0.2) is 0 Å². The van der Waals surface area contributed by atoms with Gasteiger partial charge in [-0.25, -0.2) is 0 Å². The first-order valence-corrected chi connectivity index (χ1v) is 17.0. The molecule has 1 aliphatic rings. The molecule has 0 saturated carbocycles. The summed E-state index contributed by atoms with van der Waals surface area (Å²) < 4.78 is -0.0433. The number of hydrogen-bond donors (Lipinski definition) is 0. The van der Waals surface area contributed by atoms with Crippen LogP contribution >= 0.6 is 0 Å². The zero-order valence-electron chi connectivity index (χ0n) is 24.9. The molecule has 40 heavy (non-hydrogen) atoms. The Balaban J connectivity index is 0.00000267. The molecule has 0 aliphatic heterocycles. The predicted molar refractivity (Wildman–Crippen MR) is 161 cm³/mol. The number of rotatable bonds is 10. The monoisotopic (exact) mass is 644 g/mol. The van der Waals surface area contributed by atoms with Crippen molar-refractivity contribution in [1.82, 2.24) is 0 Å². The Kier molecular flexibility index (Phi) is 14.8. The van der Waals surface area contributed by atoms with Crippen LogP contribution in [0.5, 0.6) is 0 Å². The van der Waals surface area contributed by atoms with Gasteiger partial charge in [-0.2, -0.15) is 0 Å². The standard InChI is InChI=1S/C35H43Si.3ClH.Ti/c1-7-9-14-30-18-22-33(23-19-30)36(32-16-12-11-13-17-32,35-28(5)26(3)27(4)29(35)6)34-24-20-31(21-25-34)15-10-8-2;;;;/h11-13,16-25H,7-10,14-15H2,1-6H3;3*1H;/q;;;;+3/p-3. The Morgan fingerprint density at radius 1 is 0.550 bits per heavy atom. The van der Waals surface area contributed by atoms with Crippen molar-refractivity contribution >= 4 is 23.6 Å². The molecule has 0 atom stereocenters. The van der Waals surface area contributed by atoms with E-state index >= 15 is 0 Å². The minimum Gasteiger partial charge on any atom is -1.00 e. The molecule has 3 aromatic rings. The van der Waals surface area contributed by atoms with E-state index in [1.165, 1.54) is 63.5 Å². The molecule has 212 valence electrons. The predicted octanol–water partition coefficient (Wildman–Crippen LogP) is -1.21. The van der Waals surface area contributed by atoms with Crippen LogP contribution < -0.4 is 52.8 Å². The fraction of sp³-hybridized carbons (Fsp3) is 0.371. The molecule has 3 aromatic carbocycles. The molecule has 0 aromatic heterocycles. The second-order valence-electron chi connectivity index (χ2n) is 11.0. The van der Waals surface area contributed by atoms with Crippen LogP contribution in [0.15, 0.2) is 101 Å². The molecular weight excluding hydrogens is 603 g/mol. The fourth-order valence-electron chi connectivity index (χ4n) is 6.41. The van der Waals surface area contributed by atoms with Crippen molar-refractivity contribution in [3.05, 3.63) is 112 Å². The third-order valence-electron chi connectivity index (χ3n) is 8.99. The van der Waals surface area contributed by atoms with Gasteiger partial charge in [-0.05, 0) is 0 Å². The van der Waals surface area contributed by atoms with Crippen molar-refractivity contribution in [1.29, 1.82) is 0 Å². The molecule has 5 heteroatoms. The molecule has 0 unspecified atom stereocenters. The summed E-state index contributed by atoms with van der Waals surface area (Å²) in [6.45, 7) is 14.1. The van der Waals surface area contributed by atoms with Crippen LogP contribution in [-0.2, 0) is 33.3 Å². The maximum absolute atomic E-state index is 2.56. The minimum atomic E-state index is -2.55. The molecule has 0 radical (unpaired) electrons. The van der Waals surface area contributed by atoms with Crippen molar-refractivity contribution in [3.8, 4) is 0 Å². The van der Waals surface area contributed by atoms with E-state index in [4.69, 9.17) is 0 Å². The number of allylic oxidation sites excluding steroid dienone is 4. The van der Waals surface area contributed by atoms with Crippen LogP contribution in [0.2, 0.25) is 3.34 Å². The first-order chi connectivity index (χ1) is 17.8. The van der Waals surface area contributed by atoms with Gasteiger partial charge < -0.3 is 37.2 Å². The van der Waals surface area contributed by atoms with E-state index in [9.17, 15) is 0 Å². The van der Waals surface area contributed by atoms with Gasteiger partial charge >= 0.3 is 240 Å². The van der Waals surface area contributed by atoms with Gasteiger partial charge in [0.05, 0.1) is 0 Å². The topological polar surface area (TPSA) is 0 Å². The number of halogens is 3. The molecule has 1 aliphatic carbocycles. The summed E-state index contributed by atoms with van der Waals surface area (Å²) in [6, 6.07) is 31.1. The van der Waals surface area contributed by atoms with Gasteiger partial charge in [0.25, 0.3) is 0 Å². The summed E-state index contributed by atoms with van der Waals surface area (Å²) in [5.41, 5.74) is 8.96. The van der Waals surface area contributed by atoms with Gasteiger partial charge in [-0.3, -0.25) is 0 Å². The Morgan fingerprint density at radius 3 is 1.25 bits per heavy atom. The maximum atomic E-state index is 2.56. The molecule has 4 rings (SSSR count). The average molecular weight is 646 g/mol. The normalized spacial score (nSPS) is 14.4. The Bertz CT molecular complexity index is 1200. The van der Waals surface area contributed by atoms with Crippen molar-refractivity contribution in [2.45, 2.75) is 83.4 Å². The van der Waals surface area contributed by atoms with Gasteiger partial charge in [0.2, 0.25) is 0 Å². The van der Waals surface area contributed by atoms with Crippen molar-refractivity contribution in [2.75, 3.05) is 0 Å².